The fraction of sp³-hybridized carbons (Fsp3) is 0.750. The van der Waals surface area contributed by atoms with Crippen LogP contribution in [0.5, 0.6) is 0 Å². The second-order valence-electron chi connectivity index (χ2n) is 1.51. The summed E-state index contributed by atoms with van der Waals surface area (Å²) >= 11 is 0. The van der Waals surface area contributed by atoms with Crippen LogP contribution < -0.4 is 5.31 Å². The van der Waals surface area contributed by atoms with E-state index in [9.17, 15) is 4.79 Å². The maximum atomic E-state index is 9.88. The predicted octanol–water partition coefficient (Wildman–Crippen LogP) is 0.662. The molecule has 1 amide bonds. The van der Waals surface area contributed by atoms with Gasteiger partial charge in [0.1, 0.15) is 0 Å². The summed E-state index contributed by atoms with van der Waals surface area (Å²) in [4.78, 5) is 9.88. The molecule has 0 aliphatic carbocycles. The number of carboxylic acid groups (broad SMARTS) is 1. The summed E-state index contributed by atoms with van der Waals surface area (Å²) in [6.45, 7) is 3.28. The minimum atomic E-state index is -1.21. The summed E-state index contributed by atoms with van der Waals surface area (Å²) in [7, 11) is 0. The summed E-state index contributed by atoms with van der Waals surface area (Å²) in [6.07, 6.45) is -1.21. The standard InChI is InChI=1S/C4H9NO2/c1-3(2)5-4(6)7/h3,5H,1-2H3,(H,6,7)/i/hD. The van der Waals surface area contributed by atoms with Crippen LogP contribution in [-0.2, 0) is 0 Å². The zero-order chi connectivity index (χ0) is 6.73. The van der Waals surface area contributed by atoms with Crippen LogP contribution in [0.1, 0.15) is 13.8 Å². The molecule has 0 saturated heterocycles. The molecule has 0 atom stereocenters. The van der Waals surface area contributed by atoms with Gasteiger partial charge in [0, 0.05) is 6.04 Å². The lowest BCUT2D eigenvalue weighted by Crippen LogP contribution is -2.27. The van der Waals surface area contributed by atoms with Crippen molar-refractivity contribution in [1.29, 1.82) is 0 Å². The van der Waals surface area contributed by atoms with Gasteiger partial charge in [-0.15, -0.1) is 0 Å². The van der Waals surface area contributed by atoms with E-state index in [0.717, 1.165) is 0 Å². The van der Waals surface area contributed by atoms with E-state index in [0.29, 0.717) is 5.31 Å². The van der Waals surface area contributed by atoms with Crippen molar-refractivity contribution in [2.75, 3.05) is 0 Å². The lowest BCUT2D eigenvalue weighted by molar-refractivity contribution is 0.191. The van der Waals surface area contributed by atoms with Crippen molar-refractivity contribution < 1.29 is 11.3 Å². The third-order valence-electron chi connectivity index (χ3n) is 0.369. The first kappa shape index (κ1) is 4.43. The fourth-order valence-electron chi connectivity index (χ4n) is 0.221. The molecule has 0 aromatic carbocycles. The molecule has 0 aromatic rings. The Labute approximate surface area is 43.8 Å². The number of nitrogens with one attached hydrogen (secondary N) is 1. The van der Waals surface area contributed by atoms with Crippen LogP contribution in [-0.4, -0.2) is 17.2 Å². The first-order valence-corrected chi connectivity index (χ1v) is 2.06. The third-order valence-corrected chi connectivity index (χ3v) is 0.369. The van der Waals surface area contributed by atoms with Gasteiger partial charge in [-0.2, -0.15) is 0 Å². The van der Waals surface area contributed by atoms with Crippen molar-refractivity contribution in [3.63, 3.8) is 0 Å². The average molecular weight is 104 g/mol. The molecule has 2 N–H and O–H groups in total. The molecule has 0 fully saturated rings. The molecule has 0 aromatic heterocycles. The second-order valence-corrected chi connectivity index (χ2v) is 1.51. The van der Waals surface area contributed by atoms with Gasteiger partial charge in [-0.3, -0.25) is 0 Å². The molecule has 0 aliphatic rings. The zero-order valence-electron chi connectivity index (χ0n) is 5.38. The van der Waals surface area contributed by atoms with E-state index in [4.69, 9.17) is 6.52 Å². The summed E-state index contributed by atoms with van der Waals surface area (Å²) in [5.41, 5.74) is 0. The topological polar surface area (TPSA) is 49.3 Å². The molecule has 0 saturated carbocycles. The number of carbonyl (C=O) groups is 1. The maximum Gasteiger partial charge on any atom is 0.404 e. The van der Waals surface area contributed by atoms with Gasteiger partial charge in [-0.1, -0.05) is 0 Å². The van der Waals surface area contributed by atoms with Crippen molar-refractivity contribution in [2.45, 2.75) is 19.9 Å². The number of hydrogen-bond acceptors (Lipinski definition) is 1. The zero-order valence-corrected chi connectivity index (χ0v) is 4.38. The maximum absolute atomic E-state index is 9.88. The normalized spacial score (nSPS) is 11.0. The molecular weight excluding hydrogens is 94.0 g/mol. The fourth-order valence-corrected chi connectivity index (χ4v) is 0.221. The largest absolute Gasteiger partial charge is 0.465 e. The van der Waals surface area contributed by atoms with Gasteiger partial charge in [0.25, 0.3) is 0 Å². The van der Waals surface area contributed by atoms with E-state index in [1.165, 1.54) is 0 Å². The predicted molar refractivity (Wildman–Crippen MR) is 26.3 cm³/mol. The second kappa shape index (κ2) is 2.44. The quantitative estimate of drug-likeness (QED) is 0.513. The summed E-state index contributed by atoms with van der Waals surface area (Å²) in [6, 6.07) is -0.257. The van der Waals surface area contributed by atoms with Crippen LogP contribution in [0.15, 0.2) is 0 Å². The minimum Gasteiger partial charge on any atom is -0.465 e. The van der Waals surface area contributed by atoms with Gasteiger partial charge in [-0.25, -0.2) is 4.79 Å². The van der Waals surface area contributed by atoms with Gasteiger partial charge in [0.2, 0.25) is 0 Å². The van der Waals surface area contributed by atoms with Gasteiger partial charge in [0.05, 0.1) is 0 Å². The van der Waals surface area contributed by atoms with Crippen molar-refractivity contribution in [1.82, 2.24) is 5.31 Å². The molecule has 3 nitrogen and oxygen atoms in total. The molecule has 42 valence electrons. The third kappa shape index (κ3) is 5.27. The molecule has 0 spiro atoms. The van der Waals surface area contributed by atoms with E-state index in [1.807, 2.05) is 0 Å². The van der Waals surface area contributed by atoms with Crippen LogP contribution in [0.2, 0.25) is 1.41 Å². The highest BCUT2D eigenvalue weighted by Gasteiger charge is 1.94. The lowest BCUT2D eigenvalue weighted by atomic mass is 10.4. The number of amides is 1. The Hall–Kier alpha value is -0.730. The Kier molecular flexibility index (Phi) is 1.55. The lowest BCUT2D eigenvalue weighted by Gasteiger charge is -2.00. The Balaban J connectivity index is 3.64. The molecule has 7 heavy (non-hydrogen) atoms. The monoisotopic (exact) mass is 104 g/mol. The van der Waals surface area contributed by atoms with Crippen molar-refractivity contribution in [3.8, 4) is 0 Å². The van der Waals surface area contributed by atoms with Gasteiger partial charge in [0.15, 0.2) is 1.41 Å². The van der Waals surface area contributed by atoms with Crippen LogP contribution in [0.25, 0.3) is 0 Å². The SMILES string of the molecule is [2H]N(C(=O)O)C(C)C. The Bertz CT molecular complexity index is 94.0. The molecule has 0 aliphatic heterocycles. The van der Waals surface area contributed by atoms with Crippen molar-refractivity contribution >= 4 is 6.09 Å². The van der Waals surface area contributed by atoms with Crippen molar-refractivity contribution in [2.24, 2.45) is 0 Å². The van der Waals surface area contributed by atoms with Crippen LogP contribution >= 0.6 is 0 Å². The molecule has 0 rings (SSSR count). The van der Waals surface area contributed by atoms with Crippen LogP contribution in [0.3, 0.4) is 0 Å². The molecule has 0 heterocycles. The highest BCUT2D eigenvalue weighted by Crippen LogP contribution is 1.72. The van der Waals surface area contributed by atoms with Crippen LogP contribution in [0, 0.1) is 0 Å². The van der Waals surface area contributed by atoms with E-state index >= 15 is 0 Å². The van der Waals surface area contributed by atoms with E-state index < -0.39 is 6.09 Å². The first-order valence-electron chi connectivity index (χ1n) is 2.51. The molecule has 0 radical (unpaired) electrons. The van der Waals surface area contributed by atoms with E-state index in [-0.39, 0.29) is 6.04 Å². The van der Waals surface area contributed by atoms with Gasteiger partial charge >= 0.3 is 6.09 Å². The Morgan fingerprint density at radius 3 is 2.43 bits per heavy atom. The molecule has 0 bridgehead atoms. The van der Waals surface area contributed by atoms with Gasteiger partial charge < -0.3 is 10.4 Å². The van der Waals surface area contributed by atoms with E-state index in [2.05, 4.69) is 0 Å². The highest BCUT2D eigenvalue weighted by atomic mass is 16.4. The smallest absolute Gasteiger partial charge is 0.404 e. The molecule has 0 unspecified atom stereocenters. The summed E-state index contributed by atoms with van der Waals surface area (Å²) in [5, 5.41) is 8.59. The number of rotatable bonds is 1. The molecule has 3 heteroatoms. The first-order chi connectivity index (χ1) is 3.55. The minimum absolute atomic E-state index is 0.257. The number of hydrogen-bond donors (Lipinski definition) is 2. The molecular formula is C4H9NO2. The van der Waals surface area contributed by atoms with Crippen LogP contribution in [0.4, 0.5) is 4.79 Å². The summed E-state index contributed by atoms with van der Waals surface area (Å²) < 4.78 is 6.72. The Morgan fingerprint density at radius 1 is 2.00 bits per heavy atom. The van der Waals surface area contributed by atoms with Gasteiger partial charge in [-0.05, 0) is 13.8 Å². The van der Waals surface area contributed by atoms with Crippen molar-refractivity contribution in [3.05, 3.63) is 0 Å². The Morgan fingerprint density at radius 2 is 2.43 bits per heavy atom. The average Bonchev–Trinajstić information content (AvgIpc) is 1.64. The van der Waals surface area contributed by atoms with E-state index in [1.54, 1.807) is 13.8 Å². The summed E-state index contributed by atoms with van der Waals surface area (Å²) in [5.74, 6) is 0. The highest BCUT2D eigenvalue weighted by molar-refractivity contribution is 5.64.